The van der Waals surface area contributed by atoms with E-state index in [-0.39, 0.29) is 23.8 Å². The summed E-state index contributed by atoms with van der Waals surface area (Å²) in [4.78, 5) is 28.3. The van der Waals surface area contributed by atoms with Gasteiger partial charge in [0.2, 0.25) is 11.8 Å². The zero-order valence-corrected chi connectivity index (χ0v) is 15.5. The van der Waals surface area contributed by atoms with Crippen molar-refractivity contribution in [3.05, 3.63) is 42.3 Å². The number of amides is 2. The molecule has 1 aromatic carbocycles. The Morgan fingerprint density at radius 1 is 1.15 bits per heavy atom. The Bertz CT molecular complexity index is 832. The van der Waals surface area contributed by atoms with Gasteiger partial charge in [0.15, 0.2) is 0 Å². The van der Waals surface area contributed by atoms with Crippen molar-refractivity contribution in [2.45, 2.75) is 18.9 Å². The molecule has 0 bridgehead atoms. The van der Waals surface area contributed by atoms with Gasteiger partial charge >= 0.3 is 0 Å². The highest BCUT2D eigenvalue weighted by molar-refractivity contribution is 7.17. The third-order valence-electron chi connectivity index (χ3n) is 5.42. The molecule has 4 rings (SSSR count). The molecule has 1 aliphatic heterocycles. The van der Waals surface area contributed by atoms with Crippen LogP contribution in [-0.4, -0.2) is 48.9 Å². The molecule has 2 heterocycles. The minimum Gasteiger partial charge on any atom is -0.367 e. The van der Waals surface area contributed by atoms with Crippen LogP contribution in [0.5, 0.6) is 0 Å². The third kappa shape index (κ3) is 3.21. The van der Waals surface area contributed by atoms with Crippen LogP contribution in [0.15, 0.2) is 42.3 Å². The SMILES string of the molecule is C=CC(=O)NC1CC(C(=O)N2CCN(c3cccc4sccc34)CC2)C1. The van der Waals surface area contributed by atoms with Crippen LogP contribution in [0.2, 0.25) is 0 Å². The molecule has 0 radical (unpaired) electrons. The third-order valence-corrected chi connectivity index (χ3v) is 6.31. The van der Waals surface area contributed by atoms with Crippen molar-refractivity contribution in [1.82, 2.24) is 10.2 Å². The number of nitrogens with one attached hydrogen (secondary N) is 1. The summed E-state index contributed by atoms with van der Waals surface area (Å²) in [5.41, 5.74) is 1.27. The molecule has 1 aromatic heterocycles. The largest absolute Gasteiger partial charge is 0.367 e. The van der Waals surface area contributed by atoms with Gasteiger partial charge in [-0.25, -0.2) is 0 Å². The maximum Gasteiger partial charge on any atom is 0.243 e. The van der Waals surface area contributed by atoms with Gasteiger partial charge in [0.25, 0.3) is 0 Å². The van der Waals surface area contributed by atoms with E-state index in [9.17, 15) is 9.59 Å². The van der Waals surface area contributed by atoms with Crippen LogP contribution in [-0.2, 0) is 9.59 Å². The van der Waals surface area contributed by atoms with E-state index >= 15 is 0 Å². The number of carbonyl (C=O) groups is 2. The maximum absolute atomic E-state index is 12.7. The number of carbonyl (C=O) groups excluding carboxylic acids is 2. The average molecular weight is 369 g/mol. The van der Waals surface area contributed by atoms with Gasteiger partial charge in [0.05, 0.1) is 0 Å². The minimum atomic E-state index is -0.155. The number of fused-ring (bicyclic) bond motifs is 1. The second-order valence-electron chi connectivity index (χ2n) is 7.00. The quantitative estimate of drug-likeness (QED) is 0.843. The van der Waals surface area contributed by atoms with Gasteiger partial charge in [-0.15, -0.1) is 11.3 Å². The van der Waals surface area contributed by atoms with Crippen LogP contribution >= 0.6 is 11.3 Å². The molecule has 6 heteroatoms. The van der Waals surface area contributed by atoms with Crippen LogP contribution in [0.3, 0.4) is 0 Å². The number of hydrogen-bond acceptors (Lipinski definition) is 4. The van der Waals surface area contributed by atoms with Crippen molar-refractivity contribution in [2.24, 2.45) is 5.92 Å². The molecule has 5 nitrogen and oxygen atoms in total. The Hall–Kier alpha value is -2.34. The molecule has 2 aromatic rings. The molecule has 1 saturated carbocycles. The molecule has 0 unspecified atom stereocenters. The Morgan fingerprint density at radius 2 is 1.92 bits per heavy atom. The summed E-state index contributed by atoms with van der Waals surface area (Å²) in [7, 11) is 0. The van der Waals surface area contributed by atoms with Crippen LogP contribution < -0.4 is 10.2 Å². The van der Waals surface area contributed by atoms with Gasteiger partial charge in [-0.05, 0) is 42.5 Å². The summed E-state index contributed by atoms with van der Waals surface area (Å²) in [5, 5.41) is 6.30. The number of thiophene rings is 1. The van der Waals surface area contributed by atoms with Gasteiger partial charge in [0.1, 0.15) is 0 Å². The molecule has 0 atom stereocenters. The van der Waals surface area contributed by atoms with Crippen LogP contribution in [0.4, 0.5) is 5.69 Å². The predicted molar refractivity (Wildman–Crippen MR) is 105 cm³/mol. The number of benzene rings is 1. The normalized spacial score (nSPS) is 22.8. The number of anilines is 1. The molecular formula is C20H23N3O2S. The fraction of sp³-hybridized carbons (Fsp3) is 0.400. The van der Waals surface area contributed by atoms with E-state index in [1.807, 2.05) is 4.90 Å². The van der Waals surface area contributed by atoms with Crippen LogP contribution in [0.25, 0.3) is 10.1 Å². The smallest absolute Gasteiger partial charge is 0.243 e. The van der Waals surface area contributed by atoms with Gasteiger partial charge in [0, 0.05) is 53.9 Å². The topological polar surface area (TPSA) is 52.7 Å². The predicted octanol–water partition coefficient (Wildman–Crippen LogP) is 2.63. The maximum atomic E-state index is 12.7. The summed E-state index contributed by atoms with van der Waals surface area (Å²) < 4.78 is 1.31. The highest BCUT2D eigenvalue weighted by Gasteiger charge is 2.38. The second-order valence-corrected chi connectivity index (χ2v) is 7.95. The zero-order valence-electron chi connectivity index (χ0n) is 14.7. The van der Waals surface area contributed by atoms with Crippen molar-refractivity contribution >= 4 is 38.9 Å². The number of piperazine rings is 1. The highest BCUT2D eigenvalue weighted by atomic mass is 32.1. The minimum absolute atomic E-state index is 0.0528. The first-order valence-corrected chi connectivity index (χ1v) is 9.96. The van der Waals surface area contributed by atoms with Gasteiger partial charge in [-0.1, -0.05) is 12.6 Å². The average Bonchev–Trinajstić information content (AvgIpc) is 3.12. The van der Waals surface area contributed by atoms with Gasteiger partial charge < -0.3 is 15.1 Å². The number of rotatable bonds is 4. The van der Waals surface area contributed by atoms with Crippen LogP contribution in [0, 0.1) is 5.92 Å². The molecule has 2 fully saturated rings. The molecule has 2 amide bonds. The zero-order chi connectivity index (χ0) is 18.1. The summed E-state index contributed by atoms with van der Waals surface area (Å²) in [6.07, 6.45) is 2.77. The first-order chi connectivity index (χ1) is 12.7. The number of nitrogens with zero attached hydrogens (tertiary/aromatic N) is 2. The lowest BCUT2D eigenvalue weighted by Crippen LogP contribution is -2.54. The number of hydrogen-bond donors (Lipinski definition) is 1. The van der Waals surface area contributed by atoms with Crippen molar-refractivity contribution in [3.8, 4) is 0 Å². The lowest BCUT2D eigenvalue weighted by molar-refractivity contribution is -0.140. The van der Waals surface area contributed by atoms with E-state index in [0.717, 1.165) is 39.0 Å². The molecular weight excluding hydrogens is 346 g/mol. The molecule has 136 valence electrons. The van der Waals surface area contributed by atoms with E-state index < -0.39 is 0 Å². The lowest BCUT2D eigenvalue weighted by atomic mass is 9.79. The molecule has 0 spiro atoms. The Balaban J connectivity index is 1.31. The van der Waals surface area contributed by atoms with Crippen molar-refractivity contribution < 1.29 is 9.59 Å². The van der Waals surface area contributed by atoms with Crippen molar-refractivity contribution in [3.63, 3.8) is 0 Å². The fourth-order valence-corrected chi connectivity index (χ4v) is 4.68. The van der Waals surface area contributed by atoms with Gasteiger partial charge in [-0.3, -0.25) is 9.59 Å². The molecule has 2 aliphatic rings. The first kappa shape index (κ1) is 17.1. The van der Waals surface area contributed by atoms with Crippen LogP contribution in [0.1, 0.15) is 12.8 Å². The van der Waals surface area contributed by atoms with Gasteiger partial charge in [-0.2, -0.15) is 0 Å². The Labute approximate surface area is 157 Å². The molecule has 1 N–H and O–H groups in total. The summed E-state index contributed by atoms with van der Waals surface area (Å²) in [6.45, 7) is 6.71. The summed E-state index contributed by atoms with van der Waals surface area (Å²) in [5.74, 6) is 0.136. The monoisotopic (exact) mass is 369 g/mol. The van der Waals surface area contributed by atoms with E-state index in [4.69, 9.17) is 0 Å². The van der Waals surface area contributed by atoms with E-state index in [0.29, 0.717) is 0 Å². The standard InChI is InChI=1S/C20H23N3O2S/c1-2-19(24)21-15-12-14(13-15)20(25)23-9-7-22(8-10-23)17-4-3-5-18-16(17)6-11-26-18/h2-6,11,14-15H,1,7-10,12-13H2,(H,21,24). The highest BCUT2D eigenvalue weighted by Crippen LogP contribution is 2.32. The summed E-state index contributed by atoms with van der Waals surface area (Å²) in [6, 6.07) is 8.73. The van der Waals surface area contributed by atoms with E-state index in [2.05, 4.69) is 46.4 Å². The van der Waals surface area contributed by atoms with Crippen molar-refractivity contribution in [2.75, 3.05) is 31.1 Å². The Kier molecular flexibility index (Phi) is 4.68. The summed E-state index contributed by atoms with van der Waals surface area (Å²) >= 11 is 1.76. The first-order valence-electron chi connectivity index (χ1n) is 9.08. The molecule has 1 saturated heterocycles. The van der Waals surface area contributed by atoms with Crippen molar-refractivity contribution in [1.29, 1.82) is 0 Å². The fourth-order valence-electron chi connectivity index (χ4n) is 3.88. The van der Waals surface area contributed by atoms with E-state index in [1.54, 1.807) is 11.3 Å². The molecule has 26 heavy (non-hydrogen) atoms. The Morgan fingerprint density at radius 3 is 2.65 bits per heavy atom. The molecule has 1 aliphatic carbocycles. The van der Waals surface area contributed by atoms with E-state index in [1.165, 1.54) is 21.8 Å². The lowest BCUT2D eigenvalue weighted by Gasteiger charge is -2.41. The second kappa shape index (κ2) is 7.11.